The van der Waals surface area contributed by atoms with Crippen LogP contribution in [0, 0.1) is 0 Å². The summed E-state index contributed by atoms with van der Waals surface area (Å²) < 4.78 is 38.6. The zero-order valence-corrected chi connectivity index (χ0v) is 17.6. The van der Waals surface area contributed by atoms with Gasteiger partial charge in [-0.1, -0.05) is 29.8 Å². The van der Waals surface area contributed by atoms with E-state index in [4.69, 9.17) is 17.3 Å². The second-order valence-corrected chi connectivity index (χ2v) is 8.46. The number of benzene rings is 2. The van der Waals surface area contributed by atoms with Crippen molar-refractivity contribution < 1.29 is 13.2 Å². The number of nitrogens with one attached hydrogen (secondary N) is 2. The number of pyridine rings is 1. The summed E-state index contributed by atoms with van der Waals surface area (Å²) in [5.74, 6) is 0.439. The number of hydrogen-bond acceptors (Lipinski definition) is 4. The van der Waals surface area contributed by atoms with Crippen molar-refractivity contribution in [2.24, 2.45) is 0 Å². The fraction of sp³-hybridized carbons (Fsp3) is 0.348. The molecule has 0 saturated heterocycles. The number of rotatable bonds is 5. The number of nitrogen functional groups attached to an aromatic ring is 1. The van der Waals surface area contributed by atoms with Gasteiger partial charge in [0, 0.05) is 40.8 Å². The van der Waals surface area contributed by atoms with E-state index < -0.39 is 11.7 Å². The molecular formula is C23H24ClF3N4. The van der Waals surface area contributed by atoms with Gasteiger partial charge in [-0.3, -0.25) is 0 Å². The molecule has 8 heteroatoms. The van der Waals surface area contributed by atoms with Crippen molar-refractivity contribution in [2.75, 3.05) is 11.1 Å². The van der Waals surface area contributed by atoms with Crippen LogP contribution in [0.5, 0.6) is 0 Å². The summed E-state index contributed by atoms with van der Waals surface area (Å²) in [6, 6.07) is 13.5. The van der Waals surface area contributed by atoms with Crippen LogP contribution in [0.1, 0.15) is 36.8 Å². The quantitative estimate of drug-likeness (QED) is 0.447. The van der Waals surface area contributed by atoms with Gasteiger partial charge in [-0.15, -0.1) is 0 Å². The lowest BCUT2D eigenvalue weighted by atomic mass is 9.90. The Morgan fingerprint density at radius 2 is 1.74 bits per heavy atom. The molecule has 1 fully saturated rings. The van der Waals surface area contributed by atoms with Gasteiger partial charge < -0.3 is 16.4 Å². The highest BCUT2D eigenvalue weighted by Crippen LogP contribution is 2.31. The zero-order chi connectivity index (χ0) is 22.0. The molecule has 164 valence electrons. The third kappa shape index (κ3) is 5.40. The topological polar surface area (TPSA) is 63.0 Å². The number of nitrogens with two attached hydrogens (primary N) is 1. The molecule has 0 bridgehead atoms. The Morgan fingerprint density at radius 3 is 2.48 bits per heavy atom. The Balaban J connectivity index is 1.33. The molecule has 0 amide bonds. The number of nitrogens with zero attached hydrogens (tertiary/aromatic N) is 1. The minimum atomic E-state index is -4.31. The summed E-state index contributed by atoms with van der Waals surface area (Å²) in [6.45, 7) is 0.430. The molecule has 2 aromatic carbocycles. The monoisotopic (exact) mass is 448 g/mol. The van der Waals surface area contributed by atoms with E-state index in [1.165, 1.54) is 12.1 Å². The van der Waals surface area contributed by atoms with Crippen molar-refractivity contribution in [1.82, 2.24) is 10.3 Å². The Labute approximate surface area is 184 Å². The average Bonchev–Trinajstić information content (AvgIpc) is 2.72. The van der Waals surface area contributed by atoms with Crippen molar-refractivity contribution in [3.8, 4) is 0 Å². The molecule has 1 aromatic heterocycles. The van der Waals surface area contributed by atoms with Crippen LogP contribution < -0.4 is 16.4 Å². The van der Waals surface area contributed by atoms with E-state index in [-0.39, 0.29) is 6.04 Å². The largest absolute Gasteiger partial charge is 0.416 e. The Hall–Kier alpha value is -2.51. The Kier molecular flexibility index (Phi) is 6.25. The maximum absolute atomic E-state index is 12.9. The molecule has 0 spiro atoms. The van der Waals surface area contributed by atoms with E-state index in [1.54, 1.807) is 12.1 Å². The third-order valence-corrected chi connectivity index (χ3v) is 5.96. The number of hydrogen-bond donors (Lipinski definition) is 3. The van der Waals surface area contributed by atoms with Crippen LogP contribution in [0.4, 0.5) is 24.7 Å². The first-order chi connectivity index (χ1) is 14.8. The molecule has 1 aliphatic rings. The van der Waals surface area contributed by atoms with Gasteiger partial charge in [0.05, 0.1) is 11.1 Å². The molecule has 4 nitrogen and oxygen atoms in total. The summed E-state index contributed by atoms with van der Waals surface area (Å²) in [7, 11) is 0. The third-order valence-electron chi connectivity index (χ3n) is 5.73. The highest BCUT2D eigenvalue weighted by atomic mass is 35.5. The lowest BCUT2D eigenvalue weighted by Gasteiger charge is -2.31. The average molecular weight is 449 g/mol. The highest BCUT2D eigenvalue weighted by molar-refractivity contribution is 6.31. The smallest absolute Gasteiger partial charge is 0.384 e. The predicted octanol–water partition coefficient (Wildman–Crippen LogP) is 6.00. The molecule has 1 saturated carbocycles. The summed E-state index contributed by atoms with van der Waals surface area (Å²) in [5.41, 5.74) is 7.70. The molecule has 0 atom stereocenters. The van der Waals surface area contributed by atoms with Gasteiger partial charge in [0.2, 0.25) is 0 Å². The lowest BCUT2D eigenvalue weighted by Crippen LogP contribution is -2.36. The second kappa shape index (κ2) is 8.93. The van der Waals surface area contributed by atoms with Crippen LogP contribution in [0.25, 0.3) is 10.9 Å². The minimum Gasteiger partial charge on any atom is -0.384 e. The van der Waals surface area contributed by atoms with Crippen molar-refractivity contribution in [3.63, 3.8) is 0 Å². The highest BCUT2D eigenvalue weighted by Gasteiger charge is 2.30. The maximum atomic E-state index is 12.9. The molecule has 4 N–H and O–H groups in total. The molecule has 0 unspecified atom stereocenters. The molecule has 31 heavy (non-hydrogen) atoms. The van der Waals surface area contributed by atoms with E-state index in [1.807, 2.05) is 18.2 Å². The number of aromatic nitrogens is 1. The van der Waals surface area contributed by atoms with Crippen LogP contribution in [-0.2, 0) is 12.7 Å². The van der Waals surface area contributed by atoms with Crippen LogP contribution >= 0.6 is 11.6 Å². The SMILES string of the molecule is Nc1cc(NC2CCC(NCc3cccc(C(F)(F)F)c3)CC2)c2ccc(Cl)cc2n1. The van der Waals surface area contributed by atoms with Crippen LogP contribution in [-0.4, -0.2) is 17.1 Å². The van der Waals surface area contributed by atoms with E-state index >= 15 is 0 Å². The van der Waals surface area contributed by atoms with Gasteiger partial charge >= 0.3 is 6.18 Å². The van der Waals surface area contributed by atoms with E-state index in [0.717, 1.165) is 48.3 Å². The second-order valence-electron chi connectivity index (χ2n) is 8.03. The lowest BCUT2D eigenvalue weighted by molar-refractivity contribution is -0.137. The molecule has 3 aromatic rings. The fourth-order valence-corrected chi connectivity index (χ4v) is 4.29. The Bertz CT molecular complexity index is 1060. The first-order valence-corrected chi connectivity index (χ1v) is 10.7. The zero-order valence-electron chi connectivity index (χ0n) is 16.8. The summed E-state index contributed by atoms with van der Waals surface area (Å²) in [5, 5.41) is 8.58. The summed E-state index contributed by atoms with van der Waals surface area (Å²) in [6.07, 6.45) is -0.511. The van der Waals surface area contributed by atoms with Crippen LogP contribution in [0.15, 0.2) is 48.5 Å². The molecule has 0 aliphatic heterocycles. The van der Waals surface area contributed by atoms with Gasteiger partial charge in [-0.05, 0) is 55.5 Å². The number of alkyl halides is 3. The summed E-state index contributed by atoms with van der Waals surface area (Å²) >= 11 is 6.07. The minimum absolute atomic E-state index is 0.283. The first-order valence-electron chi connectivity index (χ1n) is 10.3. The van der Waals surface area contributed by atoms with Crippen LogP contribution in [0.2, 0.25) is 5.02 Å². The molecule has 1 heterocycles. The molecule has 4 rings (SSSR count). The predicted molar refractivity (Wildman–Crippen MR) is 119 cm³/mol. The van der Waals surface area contributed by atoms with Crippen molar-refractivity contribution >= 4 is 34.0 Å². The van der Waals surface area contributed by atoms with E-state index in [0.29, 0.717) is 29.0 Å². The van der Waals surface area contributed by atoms with Gasteiger partial charge in [-0.25, -0.2) is 4.98 Å². The van der Waals surface area contributed by atoms with Gasteiger partial charge in [0.25, 0.3) is 0 Å². The molecular weight excluding hydrogens is 425 g/mol. The standard InChI is InChI=1S/C23H24ClF3N4/c24-16-4-9-19-20(11-16)31-22(28)12-21(19)30-18-7-5-17(6-8-18)29-13-14-2-1-3-15(10-14)23(25,26)27/h1-4,9-12,17-18,29H,5-8,13H2,(H3,28,30,31). The molecule has 1 aliphatic carbocycles. The number of anilines is 2. The summed E-state index contributed by atoms with van der Waals surface area (Å²) in [4.78, 5) is 4.35. The fourth-order valence-electron chi connectivity index (χ4n) is 4.12. The van der Waals surface area contributed by atoms with E-state index in [9.17, 15) is 13.2 Å². The maximum Gasteiger partial charge on any atom is 0.416 e. The number of fused-ring (bicyclic) bond motifs is 1. The van der Waals surface area contributed by atoms with Gasteiger partial charge in [0.15, 0.2) is 0 Å². The molecule has 0 radical (unpaired) electrons. The first kappa shape index (κ1) is 21.7. The van der Waals surface area contributed by atoms with E-state index in [2.05, 4.69) is 15.6 Å². The van der Waals surface area contributed by atoms with Crippen molar-refractivity contribution in [2.45, 2.75) is 50.5 Å². The van der Waals surface area contributed by atoms with Crippen molar-refractivity contribution in [1.29, 1.82) is 0 Å². The Morgan fingerprint density at radius 1 is 1.00 bits per heavy atom. The van der Waals surface area contributed by atoms with Crippen LogP contribution in [0.3, 0.4) is 0 Å². The van der Waals surface area contributed by atoms with Gasteiger partial charge in [0.1, 0.15) is 5.82 Å². The van der Waals surface area contributed by atoms with Gasteiger partial charge in [-0.2, -0.15) is 13.2 Å². The number of halogens is 4. The van der Waals surface area contributed by atoms with Crippen molar-refractivity contribution in [3.05, 3.63) is 64.7 Å². The normalized spacial score (nSPS) is 19.5.